The van der Waals surface area contributed by atoms with Gasteiger partial charge in [-0.2, -0.15) is 0 Å². The van der Waals surface area contributed by atoms with E-state index in [1.54, 1.807) is 6.07 Å². The third kappa shape index (κ3) is 2.02. The van der Waals surface area contributed by atoms with Crippen LogP contribution in [0.1, 0.15) is 12.8 Å². The highest BCUT2D eigenvalue weighted by Crippen LogP contribution is 2.33. The first-order chi connectivity index (χ1) is 8.24. The number of aromatic nitrogens is 1. The molecule has 17 heavy (non-hydrogen) atoms. The largest absolute Gasteiger partial charge is 0.352 e. The maximum atomic E-state index is 12.9. The van der Waals surface area contributed by atoms with E-state index >= 15 is 0 Å². The standard InChI is InChI=1S/C13H18FN3/c1-16-6-4-10-5-7-17(12(10)9-16)13-3-2-11(14)8-15-13/h2-3,8,10,12H,4-7,9H2,1H3. The highest BCUT2D eigenvalue weighted by Gasteiger charge is 2.37. The van der Waals surface area contributed by atoms with Crippen LogP contribution in [0.3, 0.4) is 0 Å². The van der Waals surface area contributed by atoms with Gasteiger partial charge in [-0.25, -0.2) is 9.37 Å². The summed E-state index contributed by atoms with van der Waals surface area (Å²) >= 11 is 0. The SMILES string of the molecule is CN1CCC2CCN(c3ccc(F)cn3)C2C1. The first-order valence-corrected chi connectivity index (χ1v) is 6.31. The lowest BCUT2D eigenvalue weighted by atomic mass is 9.92. The summed E-state index contributed by atoms with van der Waals surface area (Å²) in [5, 5.41) is 0. The molecule has 0 aromatic carbocycles. The summed E-state index contributed by atoms with van der Waals surface area (Å²) < 4.78 is 12.9. The minimum Gasteiger partial charge on any atom is -0.352 e. The van der Waals surface area contributed by atoms with Gasteiger partial charge in [-0.3, -0.25) is 0 Å². The molecule has 3 nitrogen and oxygen atoms in total. The third-order valence-corrected chi connectivity index (χ3v) is 4.07. The number of anilines is 1. The van der Waals surface area contributed by atoms with Crippen molar-refractivity contribution in [2.75, 3.05) is 31.6 Å². The minimum absolute atomic E-state index is 0.259. The van der Waals surface area contributed by atoms with Crippen molar-refractivity contribution in [2.24, 2.45) is 5.92 Å². The van der Waals surface area contributed by atoms with Crippen LogP contribution in [0.2, 0.25) is 0 Å². The molecule has 2 aliphatic heterocycles. The number of fused-ring (bicyclic) bond motifs is 1. The molecule has 2 aliphatic rings. The van der Waals surface area contributed by atoms with Crippen molar-refractivity contribution in [3.63, 3.8) is 0 Å². The summed E-state index contributed by atoms with van der Waals surface area (Å²) in [6, 6.07) is 3.86. The third-order valence-electron chi connectivity index (χ3n) is 4.07. The summed E-state index contributed by atoms with van der Waals surface area (Å²) in [6.07, 6.45) is 3.84. The van der Waals surface area contributed by atoms with Gasteiger partial charge in [-0.05, 0) is 44.5 Å². The van der Waals surface area contributed by atoms with Gasteiger partial charge in [0, 0.05) is 19.1 Å². The van der Waals surface area contributed by atoms with E-state index < -0.39 is 0 Å². The molecule has 3 heterocycles. The molecule has 92 valence electrons. The fourth-order valence-electron chi connectivity index (χ4n) is 3.12. The summed E-state index contributed by atoms with van der Waals surface area (Å²) in [4.78, 5) is 8.93. The van der Waals surface area contributed by atoms with Gasteiger partial charge in [0.1, 0.15) is 11.6 Å². The van der Waals surface area contributed by atoms with Crippen LogP contribution in [0, 0.1) is 11.7 Å². The van der Waals surface area contributed by atoms with E-state index in [-0.39, 0.29) is 5.82 Å². The van der Waals surface area contributed by atoms with Crippen LogP contribution in [0.15, 0.2) is 18.3 Å². The normalized spacial score (nSPS) is 29.4. The average molecular weight is 235 g/mol. The predicted octanol–water partition coefficient (Wildman–Crippen LogP) is 1.75. The quantitative estimate of drug-likeness (QED) is 0.739. The zero-order valence-electron chi connectivity index (χ0n) is 10.1. The number of rotatable bonds is 1. The second-order valence-corrected chi connectivity index (χ2v) is 5.20. The van der Waals surface area contributed by atoms with Crippen molar-refractivity contribution < 1.29 is 4.39 Å². The van der Waals surface area contributed by atoms with Gasteiger partial charge in [0.25, 0.3) is 0 Å². The molecule has 0 aliphatic carbocycles. The van der Waals surface area contributed by atoms with Crippen LogP contribution in [0.25, 0.3) is 0 Å². The second kappa shape index (κ2) is 4.26. The topological polar surface area (TPSA) is 19.4 Å². The van der Waals surface area contributed by atoms with E-state index in [9.17, 15) is 4.39 Å². The van der Waals surface area contributed by atoms with Crippen molar-refractivity contribution in [2.45, 2.75) is 18.9 Å². The molecular weight excluding hydrogens is 217 g/mol. The van der Waals surface area contributed by atoms with Gasteiger partial charge in [0.15, 0.2) is 0 Å². The van der Waals surface area contributed by atoms with Crippen LogP contribution in [-0.4, -0.2) is 42.6 Å². The monoisotopic (exact) mass is 235 g/mol. The number of hydrogen-bond acceptors (Lipinski definition) is 3. The smallest absolute Gasteiger partial charge is 0.141 e. The lowest BCUT2D eigenvalue weighted by Crippen LogP contribution is -2.46. The Labute approximate surface area is 101 Å². The Bertz CT molecular complexity index is 392. The molecular formula is C13H18FN3. The van der Waals surface area contributed by atoms with Crippen LogP contribution >= 0.6 is 0 Å². The number of hydrogen-bond donors (Lipinski definition) is 0. The van der Waals surface area contributed by atoms with Crippen LogP contribution in [0.4, 0.5) is 10.2 Å². The zero-order valence-corrected chi connectivity index (χ0v) is 10.1. The van der Waals surface area contributed by atoms with Gasteiger partial charge in [0.05, 0.1) is 6.20 Å². The number of nitrogens with zero attached hydrogens (tertiary/aromatic N) is 3. The highest BCUT2D eigenvalue weighted by molar-refractivity contribution is 5.41. The first kappa shape index (κ1) is 11.0. The van der Waals surface area contributed by atoms with Gasteiger partial charge in [-0.15, -0.1) is 0 Å². The van der Waals surface area contributed by atoms with Gasteiger partial charge >= 0.3 is 0 Å². The molecule has 0 amide bonds. The van der Waals surface area contributed by atoms with E-state index in [0.717, 1.165) is 24.8 Å². The maximum absolute atomic E-state index is 12.9. The predicted molar refractivity (Wildman–Crippen MR) is 65.6 cm³/mol. The summed E-state index contributed by atoms with van der Waals surface area (Å²) in [5.74, 6) is 1.46. The molecule has 1 aromatic rings. The fraction of sp³-hybridized carbons (Fsp3) is 0.615. The Morgan fingerprint density at radius 2 is 2.12 bits per heavy atom. The maximum Gasteiger partial charge on any atom is 0.141 e. The Hall–Kier alpha value is -1.16. The molecule has 4 heteroatoms. The Balaban J connectivity index is 1.81. The summed E-state index contributed by atoms with van der Waals surface area (Å²) in [7, 11) is 2.17. The molecule has 0 N–H and O–H groups in total. The van der Waals surface area contributed by atoms with Gasteiger partial charge < -0.3 is 9.80 Å². The van der Waals surface area contributed by atoms with Crippen molar-refractivity contribution in [1.29, 1.82) is 0 Å². The number of piperidine rings is 1. The van der Waals surface area contributed by atoms with Crippen molar-refractivity contribution in [3.8, 4) is 0 Å². The fourth-order valence-corrected chi connectivity index (χ4v) is 3.12. The van der Waals surface area contributed by atoms with E-state index in [2.05, 4.69) is 21.8 Å². The summed E-state index contributed by atoms with van der Waals surface area (Å²) in [6.45, 7) is 3.36. The molecule has 2 saturated heterocycles. The van der Waals surface area contributed by atoms with Crippen LogP contribution < -0.4 is 4.90 Å². The molecule has 0 saturated carbocycles. The number of likely N-dealkylation sites (N-methyl/N-ethyl adjacent to an activating group) is 1. The molecule has 2 atom stereocenters. The highest BCUT2D eigenvalue weighted by atomic mass is 19.1. The van der Waals surface area contributed by atoms with Crippen molar-refractivity contribution in [3.05, 3.63) is 24.1 Å². The van der Waals surface area contributed by atoms with Crippen LogP contribution in [-0.2, 0) is 0 Å². The molecule has 0 spiro atoms. The minimum atomic E-state index is -0.259. The Morgan fingerprint density at radius 1 is 1.29 bits per heavy atom. The molecule has 3 rings (SSSR count). The van der Waals surface area contributed by atoms with E-state index in [1.165, 1.54) is 31.6 Å². The molecule has 2 unspecified atom stereocenters. The number of likely N-dealkylation sites (tertiary alicyclic amines) is 1. The van der Waals surface area contributed by atoms with Crippen LogP contribution in [0.5, 0.6) is 0 Å². The second-order valence-electron chi connectivity index (χ2n) is 5.20. The lowest BCUT2D eigenvalue weighted by molar-refractivity contribution is 0.208. The zero-order chi connectivity index (χ0) is 11.8. The Morgan fingerprint density at radius 3 is 2.88 bits per heavy atom. The average Bonchev–Trinajstić information content (AvgIpc) is 2.73. The summed E-state index contributed by atoms with van der Waals surface area (Å²) in [5.41, 5.74) is 0. The molecule has 2 fully saturated rings. The number of halogens is 1. The number of pyridine rings is 1. The van der Waals surface area contributed by atoms with Gasteiger partial charge in [-0.1, -0.05) is 0 Å². The van der Waals surface area contributed by atoms with Gasteiger partial charge in [0.2, 0.25) is 0 Å². The van der Waals surface area contributed by atoms with Crippen molar-refractivity contribution in [1.82, 2.24) is 9.88 Å². The van der Waals surface area contributed by atoms with Crippen molar-refractivity contribution >= 4 is 5.82 Å². The Kier molecular flexibility index (Phi) is 2.74. The molecule has 0 bridgehead atoms. The van der Waals surface area contributed by atoms with E-state index in [4.69, 9.17) is 0 Å². The van der Waals surface area contributed by atoms with E-state index in [0.29, 0.717) is 6.04 Å². The molecule has 0 radical (unpaired) electrons. The van der Waals surface area contributed by atoms with E-state index in [1.807, 2.05) is 0 Å². The molecule has 1 aromatic heterocycles. The first-order valence-electron chi connectivity index (χ1n) is 6.31. The lowest BCUT2D eigenvalue weighted by Gasteiger charge is -2.37.